The molecule has 0 bridgehead atoms. The van der Waals surface area contributed by atoms with Gasteiger partial charge in [-0.3, -0.25) is 4.68 Å². The van der Waals surface area contributed by atoms with Crippen LogP contribution in [0.25, 0.3) is 0 Å². The molecule has 1 N–H and O–H groups in total. The van der Waals surface area contributed by atoms with Crippen LogP contribution in [-0.4, -0.2) is 20.9 Å². The zero-order chi connectivity index (χ0) is 9.59. The van der Waals surface area contributed by atoms with E-state index in [9.17, 15) is 4.79 Å². The maximum absolute atomic E-state index is 10.9. The highest BCUT2D eigenvalue weighted by atomic mass is 35.5. The molecule has 1 aliphatic carbocycles. The predicted octanol–water partition coefficient (Wildman–Crippen LogP) is 1.65. The standard InChI is InChI=1S/C8H9ClN2O2/c1-11-7(9)5(8(12)13)6(10-11)4-2-3-4/h4H,2-3H2,1H3,(H,12,13). The summed E-state index contributed by atoms with van der Waals surface area (Å²) in [6.07, 6.45) is 2.04. The molecule has 1 aromatic rings. The smallest absolute Gasteiger partial charge is 0.340 e. The highest BCUT2D eigenvalue weighted by Gasteiger charge is 2.33. The van der Waals surface area contributed by atoms with E-state index in [1.807, 2.05) is 0 Å². The second-order valence-electron chi connectivity index (χ2n) is 3.25. The second kappa shape index (κ2) is 2.73. The zero-order valence-corrected chi connectivity index (χ0v) is 7.88. The van der Waals surface area contributed by atoms with Crippen molar-refractivity contribution in [1.82, 2.24) is 9.78 Å². The van der Waals surface area contributed by atoms with Crippen LogP contribution in [0.2, 0.25) is 5.15 Å². The van der Waals surface area contributed by atoms with Gasteiger partial charge in [0.1, 0.15) is 10.7 Å². The number of hydrogen-bond acceptors (Lipinski definition) is 2. The molecular weight excluding hydrogens is 192 g/mol. The minimum Gasteiger partial charge on any atom is -0.478 e. The number of aromatic carboxylic acids is 1. The van der Waals surface area contributed by atoms with Crippen molar-refractivity contribution in [3.05, 3.63) is 16.4 Å². The Morgan fingerprint density at radius 2 is 2.31 bits per heavy atom. The molecule has 0 spiro atoms. The third kappa shape index (κ3) is 1.31. The first-order valence-corrected chi connectivity index (χ1v) is 4.44. The van der Waals surface area contributed by atoms with Gasteiger partial charge in [-0.05, 0) is 12.8 Å². The topological polar surface area (TPSA) is 55.1 Å². The normalized spacial score (nSPS) is 16.2. The molecule has 70 valence electrons. The van der Waals surface area contributed by atoms with Gasteiger partial charge in [-0.1, -0.05) is 11.6 Å². The summed E-state index contributed by atoms with van der Waals surface area (Å²) in [6.45, 7) is 0. The highest BCUT2D eigenvalue weighted by Crippen LogP contribution is 2.42. The van der Waals surface area contributed by atoms with Gasteiger partial charge in [0.2, 0.25) is 0 Å². The summed E-state index contributed by atoms with van der Waals surface area (Å²) in [5, 5.41) is 13.2. The van der Waals surface area contributed by atoms with Crippen LogP contribution >= 0.6 is 11.6 Å². The summed E-state index contributed by atoms with van der Waals surface area (Å²) >= 11 is 5.80. The second-order valence-corrected chi connectivity index (χ2v) is 3.61. The number of rotatable bonds is 2. The Kier molecular flexibility index (Phi) is 1.80. The van der Waals surface area contributed by atoms with Crippen molar-refractivity contribution < 1.29 is 9.90 Å². The number of aryl methyl sites for hydroxylation is 1. The Labute approximate surface area is 80.1 Å². The molecule has 1 aliphatic rings. The molecule has 1 heterocycles. The van der Waals surface area contributed by atoms with E-state index in [-0.39, 0.29) is 10.7 Å². The third-order valence-electron chi connectivity index (χ3n) is 2.18. The fourth-order valence-corrected chi connectivity index (χ4v) is 1.58. The molecule has 0 amide bonds. The van der Waals surface area contributed by atoms with Crippen molar-refractivity contribution in [3.8, 4) is 0 Å². The number of nitrogens with zero attached hydrogens (tertiary/aromatic N) is 2. The van der Waals surface area contributed by atoms with Crippen LogP contribution in [-0.2, 0) is 7.05 Å². The minimum atomic E-state index is -0.986. The number of halogens is 1. The predicted molar refractivity (Wildman–Crippen MR) is 47.2 cm³/mol. The van der Waals surface area contributed by atoms with Gasteiger partial charge < -0.3 is 5.11 Å². The maximum Gasteiger partial charge on any atom is 0.340 e. The summed E-state index contributed by atoms with van der Waals surface area (Å²) < 4.78 is 1.42. The summed E-state index contributed by atoms with van der Waals surface area (Å²) in [5.41, 5.74) is 0.812. The molecule has 1 saturated carbocycles. The third-order valence-corrected chi connectivity index (χ3v) is 2.62. The Hall–Kier alpha value is -1.03. The van der Waals surface area contributed by atoms with Gasteiger partial charge in [0, 0.05) is 13.0 Å². The quantitative estimate of drug-likeness (QED) is 0.790. The molecule has 0 aromatic carbocycles. The van der Waals surface area contributed by atoms with Crippen molar-refractivity contribution in [3.63, 3.8) is 0 Å². The maximum atomic E-state index is 10.9. The van der Waals surface area contributed by atoms with Crippen molar-refractivity contribution >= 4 is 17.6 Å². The molecule has 0 unspecified atom stereocenters. The van der Waals surface area contributed by atoms with Crippen LogP contribution in [0, 0.1) is 0 Å². The van der Waals surface area contributed by atoms with Gasteiger partial charge in [-0.2, -0.15) is 5.10 Å². The van der Waals surface area contributed by atoms with Crippen LogP contribution in [0.3, 0.4) is 0 Å². The molecule has 0 atom stereocenters. The summed E-state index contributed by atoms with van der Waals surface area (Å²) in [5.74, 6) is -0.676. The summed E-state index contributed by atoms with van der Waals surface area (Å²) in [4.78, 5) is 10.9. The molecule has 2 rings (SSSR count). The number of carbonyl (C=O) groups is 1. The Morgan fingerprint density at radius 1 is 1.69 bits per heavy atom. The van der Waals surface area contributed by atoms with E-state index in [1.54, 1.807) is 7.05 Å². The van der Waals surface area contributed by atoms with Crippen molar-refractivity contribution in [1.29, 1.82) is 0 Å². The van der Waals surface area contributed by atoms with Gasteiger partial charge >= 0.3 is 5.97 Å². The van der Waals surface area contributed by atoms with Gasteiger partial charge in [-0.15, -0.1) is 0 Å². The number of carboxylic acid groups (broad SMARTS) is 1. The molecule has 5 heteroatoms. The van der Waals surface area contributed by atoms with E-state index >= 15 is 0 Å². The lowest BCUT2D eigenvalue weighted by molar-refractivity contribution is 0.0696. The lowest BCUT2D eigenvalue weighted by atomic mass is 10.2. The Bertz CT molecular complexity index is 368. The average molecular weight is 201 g/mol. The van der Waals surface area contributed by atoms with E-state index in [2.05, 4.69) is 5.10 Å². The molecular formula is C8H9ClN2O2. The molecule has 4 nitrogen and oxygen atoms in total. The molecule has 13 heavy (non-hydrogen) atoms. The fraction of sp³-hybridized carbons (Fsp3) is 0.500. The Balaban J connectivity index is 2.54. The van der Waals surface area contributed by atoms with Gasteiger partial charge in [0.25, 0.3) is 0 Å². The first-order chi connectivity index (χ1) is 6.11. The van der Waals surface area contributed by atoms with Crippen molar-refractivity contribution in [2.24, 2.45) is 7.05 Å². The van der Waals surface area contributed by atoms with Gasteiger partial charge in [0.05, 0.1) is 5.69 Å². The lowest BCUT2D eigenvalue weighted by Crippen LogP contribution is -1.99. The van der Waals surface area contributed by atoms with Crippen LogP contribution in [0.1, 0.15) is 34.8 Å². The summed E-state index contributed by atoms with van der Waals surface area (Å²) in [7, 11) is 1.65. The van der Waals surface area contributed by atoms with E-state index in [0.29, 0.717) is 11.6 Å². The average Bonchev–Trinajstić information content (AvgIpc) is 2.80. The van der Waals surface area contributed by atoms with Crippen LogP contribution in [0.4, 0.5) is 0 Å². The van der Waals surface area contributed by atoms with Crippen LogP contribution < -0.4 is 0 Å². The first-order valence-electron chi connectivity index (χ1n) is 4.07. The van der Waals surface area contributed by atoms with Crippen molar-refractivity contribution in [2.75, 3.05) is 0 Å². The van der Waals surface area contributed by atoms with E-state index in [0.717, 1.165) is 12.8 Å². The number of carboxylic acids is 1. The zero-order valence-electron chi connectivity index (χ0n) is 7.12. The molecule has 1 aromatic heterocycles. The fourth-order valence-electron chi connectivity index (χ4n) is 1.36. The lowest BCUT2D eigenvalue weighted by Gasteiger charge is -1.93. The molecule has 0 saturated heterocycles. The molecule has 1 fully saturated rings. The van der Waals surface area contributed by atoms with Crippen LogP contribution in [0.15, 0.2) is 0 Å². The highest BCUT2D eigenvalue weighted by molar-refractivity contribution is 6.32. The molecule has 0 aliphatic heterocycles. The minimum absolute atomic E-state index is 0.173. The van der Waals surface area contributed by atoms with E-state index < -0.39 is 5.97 Å². The van der Waals surface area contributed by atoms with E-state index in [1.165, 1.54) is 4.68 Å². The van der Waals surface area contributed by atoms with E-state index in [4.69, 9.17) is 16.7 Å². The monoisotopic (exact) mass is 200 g/mol. The van der Waals surface area contributed by atoms with Gasteiger partial charge in [-0.25, -0.2) is 4.79 Å². The van der Waals surface area contributed by atoms with Gasteiger partial charge in [0.15, 0.2) is 0 Å². The SMILES string of the molecule is Cn1nc(C2CC2)c(C(=O)O)c1Cl. The van der Waals surface area contributed by atoms with Crippen LogP contribution in [0.5, 0.6) is 0 Å². The summed E-state index contributed by atoms with van der Waals surface area (Å²) in [6, 6.07) is 0. The Morgan fingerprint density at radius 3 is 2.77 bits per heavy atom. The van der Waals surface area contributed by atoms with Crippen molar-refractivity contribution in [2.45, 2.75) is 18.8 Å². The first kappa shape index (κ1) is 8.56. The number of aromatic nitrogens is 2. The molecule has 0 radical (unpaired) electrons. The largest absolute Gasteiger partial charge is 0.478 e. The number of hydrogen-bond donors (Lipinski definition) is 1.